The molecule has 1 aliphatic heterocycles. The Morgan fingerprint density at radius 3 is 2.52 bits per heavy atom. The van der Waals surface area contributed by atoms with E-state index >= 15 is 0 Å². The Morgan fingerprint density at radius 2 is 1.93 bits per heavy atom. The molecule has 1 fully saturated rings. The third-order valence-corrected chi connectivity index (χ3v) is 5.56. The highest BCUT2D eigenvalue weighted by Gasteiger charge is 2.26. The summed E-state index contributed by atoms with van der Waals surface area (Å²) in [6, 6.07) is 11.3. The Kier molecular flexibility index (Phi) is 12.2. The number of benzene rings is 1. The van der Waals surface area contributed by atoms with Gasteiger partial charge in [0.15, 0.2) is 5.96 Å². The molecule has 6 nitrogen and oxygen atoms in total. The number of halogens is 1. The predicted octanol–water partition coefficient (Wildman–Crippen LogP) is 2.73. The fourth-order valence-corrected chi connectivity index (χ4v) is 3.89. The summed E-state index contributed by atoms with van der Waals surface area (Å²) in [5.74, 6) is 1.05. The quantitative estimate of drug-likeness (QED) is 0.302. The molecule has 1 saturated heterocycles. The highest BCUT2D eigenvalue weighted by Crippen LogP contribution is 2.11. The van der Waals surface area contributed by atoms with Gasteiger partial charge < -0.3 is 15.5 Å². The van der Waals surface area contributed by atoms with Crippen LogP contribution < -0.4 is 10.6 Å². The van der Waals surface area contributed by atoms with E-state index in [0.717, 1.165) is 51.5 Å². The molecule has 0 aliphatic carbocycles. The second kappa shape index (κ2) is 13.8. The number of carbonyl (C=O) groups is 1. The average Bonchev–Trinajstić information content (AvgIpc) is 3.20. The van der Waals surface area contributed by atoms with Gasteiger partial charge in [-0.05, 0) is 31.5 Å². The van der Waals surface area contributed by atoms with Crippen molar-refractivity contribution >= 4 is 35.8 Å². The summed E-state index contributed by atoms with van der Waals surface area (Å²) >= 11 is 0. The third kappa shape index (κ3) is 8.12. The van der Waals surface area contributed by atoms with Crippen LogP contribution >= 0.6 is 24.0 Å². The molecular formula is C22H38IN5O. The maximum Gasteiger partial charge on any atom is 0.222 e. The number of likely N-dealkylation sites (tertiary alicyclic amines) is 1. The highest BCUT2D eigenvalue weighted by molar-refractivity contribution is 14.0. The van der Waals surface area contributed by atoms with E-state index < -0.39 is 0 Å². The Bertz CT molecular complexity index is 621. The van der Waals surface area contributed by atoms with Gasteiger partial charge >= 0.3 is 0 Å². The van der Waals surface area contributed by atoms with E-state index in [0.29, 0.717) is 12.5 Å². The second-order valence-electron chi connectivity index (χ2n) is 7.34. The number of likely N-dealkylation sites (N-methyl/N-ethyl adjacent to an activating group) is 1. The molecule has 2 rings (SSSR count). The summed E-state index contributed by atoms with van der Waals surface area (Å²) in [7, 11) is 1.81. The lowest BCUT2D eigenvalue weighted by Crippen LogP contribution is -2.50. The number of aliphatic imine (C=N–C) groups is 1. The highest BCUT2D eigenvalue weighted by atomic mass is 127. The molecular weight excluding hydrogens is 477 g/mol. The fourth-order valence-electron chi connectivity index (χ4n) is 3.89. The van der Waals surface area contributed by atoms with Crippen LogP contribution in [0.3, 0.4) is 0 Å². The first-order valence-corrected chi connectivity index (χ1v) is 10.6. The molecule has 1 aliphatic rings. The molecule has 0 spiro atoms. The van der Waals surface area contributed by atoms with E-state index in [1.807, 2.05) is 18.9 Å². The number of nitrogens with zero attached hydrogens (tertiary/aromatic N) is 3. The molecule has 0 aromatic heterocycles. The topological polar surface area (TPSA) is 60.0 Å². The molecule has 0 saturated carbocycles. The molecule has 2 unspecified atom stereocenters. The molecule has 2 N–H and O–H groups in total. The van der Waals surface area contributed by atoms with Gasteiger partial charge in [0.2, 0.25) is 5.91 Å². The molecule has 2 atom stereocenters. The van der Waals surface area contributed by atoms with E-state index in [4.69, 9.17) is 0 Å². The Morgan fingerprint density at radius 1 is 1.24 bits per heavy atom. The lowest BCUT2D eigenvalue weighted by Gasteiger charge is -2.31. The normalized spacial score (nSPS) is 17.8. The number of rotatable bonds is 9. The number of amides is 1. The summed E-state index contributed by atoms with van der Waals surface area (Å²) < 4.78 is 0. The lowest BCUT2D eigenvalue weighted by molar-refractivity contribution is -0.129. The van der Waals surface area contributed by atoms with Gasteiger partial charge in [-0.1, -0.05) is 51.1 Å². The summed E-state index contributed by atoms with van der Waals surface area (Å²) in [6.07, 6.45) is 2.55. The molecule has 164 valence electrons. The van der Waals surface area contributed by atoms with Crippen molar-refractivity contribution in [3.8, 4) is 0 Å². The van der Waals surface area contributed by atoms with Crippen molar-refractivity contribution in [2.45, 2.75) is 52.1 Å². The molecule has 1 heterocycles. The van der Waals surface area contributed by atoms with Crippen LogP contribution in [0.2, 0.25) is 0 Å². The van der Waals surface area contributed by atoms with E-state index in [9.17, 15) is 4.79 Å². The first kappa shape index (κ1) is 25.7. The first-order valence-electron chi connectivity index (χ1n) is 10.6. The zero-order valence-corrected chi connectivity index (χ0v) is 20.7. The van der Waals surface area contributed by atoms with Crippen LogP contribution in [0.5, 0.6) is 0 Å². The van der Waals surface area contributed by atoms with Gasteiger partial charge in [-0.2, -0.15) is 0 Å². The van der Waals surface area contributed by atoms with Gasteiger partial charge in [-0.15, -0.1) is 24.0 Å². The largest absolute Gasteiger partial charge is 0.355 e. The molecule has 1 aromatic rings. The zero-order chi connectivity index (χ0) is 20.4. The van der Waals surface area contributed by atoms with Gasteiger partial charge in [0.1, 0.15) is 0 Å². The smallest absolute Gasteiger partial charge is 0.222 e. The molecule has 0 radical (unpaired) electrons. The maximum absolute atomic E-state index is 11.9. The number of carbonyl (C=O) groups excluding carboxylic acids is 1. The summed E-state index contributed by atoms with van der Waals surface area (Å²) in [5, 5.41) is 7.01. The average molecular weight is 515 g/mol. The van der Waals surface area contributed by atoms with Crippen LogP contribution in [0, 0.1) is 0 Å². The first-order chi connectivity index (χ1) is 13.6. The van der Waals surface area contributed by atoms with Crippen LogP contribution in [0.4, 0.5) is 0 Å². The fraction of sp³-hybridized carbons (Fsp3) is 0.636. The van der Waals surface area contributed by atoms with Crippen molar-refractivity contribution in [1.82, 2.24) is 20.4 Å². The number of guanidine groups is 1. The SMILES string of the molecule is CCC(=O)N1CCC(NC(=NC)NCC(Cc2ccccc2)N(CC)CC)C1.I. The minimum Gasteiger partial charge on any atom is -0.355 e. The Balaban J connectivity index is 0.00000420. The molecule has 1 aromatic carbocycles. The minimum atomic E-state index is 0. The minimum absolute atomic E-state index is 0. The van der Waals surface area contributed by atoms with Crippen LogP contribution in [-0.4, -0.2) is 73.5 Å². The number of nitrogens with one attached hydrogen (secondary N) is 2. The van der Waals surface area contributed by atoms with E-state index in [1.165, 1.54) is 5.56 Å². The summed E-state index contributed by atoms with van der Waals surface area (Å²) in [5.41, 5.74) is 1.36. The van der Waals surface area contributed by atoms with Gasteiger partial charge in [-0.3, -0.25) is 14.7 Å². The molecule has 29 heavy (non-hydrogen) atoms. The van der Waals surface area contributed by atoms with E-state index in [2.05, 4.69) is 64.7 Å². The van der Waals surface area contributed by atoms with E-state index in [1.54, 1.807) is 0 Å². The Hall–Kier alpha value is -1.35. The van der Waals surface area contributed by atoms with Crippen molar-refractivity contribution in [3.05, 3.63) is 35.9 Å². The maximum atomic E-state index is 11.9. The third-order valence-electron chi connectivity index (χ3n) is 5.56. The summed E-state index contributed by atoms with van der Waals surface area (Å²) in [4.78, 5) is 20.7. The van der Waals surface area contributed by atoms with Crippen molar-refractivity contribution in [2.24, 2.45) is 4.99 Å². The van der Waals surface area contributed by atoms with Gasteiger partial charge in [-0.25, -0.2) is 0 Å². The predicted molar refractivity (Wildman–Crippen MR) is 132 cm³/mol. The van der Waals surface area contributed by atoms with E-state index in [-0.39, 0.29) is 35.9 Å². The monoisotopic (exact) mass is 515 g/mol. The zero-order valence-electron chi connectivity index (χ0n) is 18.4. The number of hydrogen-bond donors (Lipinski definition) is 2. The summed E-state index contributed by atoms with van der Waals surface area (Å²) in [6.45, 7) is 10.8. The van der Waals surface area contributed by atoms with Gasteiger partial charge in [0.05, 0.1) is 0 Å². The standard InChI is InChI=1S/C22H37N5O.HI/c1-5-21(28)27-14-13-19(17-27)25-22(23-4)24-16-20(26(6-2)7-3)15-18-11-9-8-10-12-18;/h8-12,19-20H,5-7,13-17H2,1-4H3,(H2,23,24,25);1H. The Labute approximate surface area is 193 Å². The van der Waals surface area contributed by atoms with Crippen LogP contribution in [-0.2, 0) is 11.2 Å². The van der Waals surface area contributed by atoms with Gasteiger partial charge in [0, 0.05) is 45.2 Å². The van der Waals surface area contributed by atoms with Crippen molar-refractivity contribution < 1.29 is 4.79 Å². The lowest BCUT2D eigenvalue weighted by atomic mass is 10.0. The van der Waals surface area contributed by atoms with Crippen molar-refractivity contribution in [1.29, 1.82) is 0 Å². The molecule has 7 heteroatoms. The van der Waals surface area contributed by atoms with Crippen LogP contribution in [0.15, 0.2) is 35.3 Å². The second-order valence-corrected chi connectivity index (χ2v) is 7.34. The molecule has 0 bridgehead atoms. The van der Waals surface area contributed by atoms with Gasteiger partial charge in [0.25, 0.3) is 0 Å². The number of hydrogen-bond acceptors (Lipinski definition) is 3. The van der Waals surface area contributed by atoms with Crippen LogP contribution in [0.25, 0.3) is 0 Å². The van der Waals surface area contributed by atoms with Crippen molar-refractivity contribution in [2.75, 3.05) is 39.8 Å². The molecule has 1 amide bonds. The van der Waals surface area contributed by atoms with Crippen molar-refractivity contribution in [3.63, 3.8) is 0 Å². The van der Waals surface area contributed by atoms with Crippen LogP contribution in [0.1, 0.15) is 39.2 Å².